The highest BCUT2D eigenvalue weighted by molar-refractivity contribution is 7.99. The van der Waals surface area contributed by atoms with Crippen LogP contribution in [0.2, 0.25) is 5.02 Å². The van der Waals surface area contributed by atoms with Gasteiger partial charge in [0.15, 0.2) is 12.4 Å². The molecule has 0 radical (unpaired) electrons. The fraction of sp³-hybridized carbons (Fsp3) is 0.211. The van der Waals surface area contributed by atoms with Crippen LogP contribution in [0.1, 0.15) is 23.2 Å². The molecule has 0 aliphatic heterocycles. The van der Waals surface area contributed by atoms with Crippen LogP contribution in [0.3, 0.4) is 0 Å². The van der Waals surface area contributed by atoms with E-state index in [0.717, 1.165) is 0 Å². The van der Waals surface area contributed by atoms with E-state index in [1.54, 1.807) is 36.4 Å². The average Bonchev–Trinajstić information content (AvgIpc) is 2.66. The first-order chi connectivity index (χ1) is 13.3. The first-order valence-corrected chi connectivity index (χ1v) is 9.39. The Morgan fingerprint density at radius 2 is 1.71 bits per heavy atom. The number of benzene rings is 2. The minimum Gasteiger partial charge on any atom is -0.456 e. The molecule has 2 aromatic carbocycles. The van der Waals surface area contributed by atoms with Gasteiger partial charge in [0, 0.05) is 21.9 Å². The van der Waals surface area contributed by atoms with Crippen molar-refractivity contribution in [3.8, 4) is 0 Å². The first kappa shape index (κ1) is 21.8. The standard InChI is InChI=1S/C19H16ClF2NO4S/c20-13-7-5-12(6-8-13)15(24)9-10-18(26)27-11-17(25)23-14-3-1-2-4-16(14)28-19(21)22/h1-8,19H,9-11H2,(H,23,25). The number of nitrogens with one attached hydrogen (secondary N) is 1. The van der Waals surface area contributed by atoms with E-state index in [1.807, 2.05) is 0 Å². The van der Waals surface area contributed by atoms with Gasteiger partial charge in [0.2, 0.25) is 0 Å². The number of ether oxygens (including phenoxy) is 1. The molecule has 0 aliphatic carbocycles. The molecule has 0 spiro atoms. The lowest BCUT2D eigenvalue weighted by atomic mass is 10.1. The van der Waals surface area contributed by atoms with Gasteiger partial charge in [0.1, 0.15) is 0 Å². The van der Waals surface area contributed by atoms with Gasteiger partial charge in [-0.05, 0) is 36.4 Å². The highest BCUT2D eigenvalue weighted by Gasteiger charge is 2.14. The number of hydrogen-bond acceptors (Lipinski definition) is 5. The van der Waals surface area contributed by atoms with E-state index >= 15 is 0 Å². The number of esters is 1. The van der Waals surface area contributed by atoms with E-state index in [9.17, 15) is 23.2 Å². The summed E-state index contributed by atoms with van der Waals surface area (Å²) in [6.07, 6.45) is -0.261. The van der Waals surface area contributed by atoms with Gasteiger partial charge in [0.25, 0.3) is 11.7 Å². The van der Waals surface area contributed by atoms with E-state index in [4.69, 9.17) is 16.3 Å². The fourth-order valence-electron chi connectivity index (χ4n) is 2.17. The Kier molecular flexibility index (Phi) is 8.41. The highest BCUT2D eigenvalue weighted by atomic mass is 35.5. The molecule has 5 nitrogen and oxygen atoms in total. The van der Waals surface area contributed by atoms with Gasteiger partial charge in [-0.3, -0.25) is 14.4 Å². The molecule has 0 unspecified atom stereocenters. The Morgan fingerprint density at radius 3 is 2.39 bits per heavy atom. The summed E-state index contributed by atoms with van der Waals surface area (Å²) in [7, 11) is 0. The van der Waals surface area contributed by atoms with Gasteiger partial charge in [-0.15, -0.1) is 0 Å². The summed E-state index contributed by atoms with van der Waals surface area (Å²) in [5.41, 5.74) is 0.620. The van der Waals surface area contributed by atoms with Gasteiger partial charge in [-0.1, -0.05) is 35.5 Å². The molecule has 2 rings (SSSR count). The molecule has 1 N–H and O–H groups in total. The molecular formula is C19H16ClF2NO4S. The molecule has 0 aliphatic rings. The number of thioether (sulfide) groups is 1. The lowest BCUT2D eigenvalue weighted by Gasteiger charge is -2.10. The summed E-state index contributed by atoms with van der Waals surface area (Å²) in [5.74, 6) is -4.27. The Balaban J connectivity index is 1.77. The molecular weight excluding hydrogens is 412 g/mol. The molecule has 148 valence electrons. The third-order valence-corrected chi connectivity index (χ3v) is 4.50. The van der Waals surface area contributed by atoms with Crippen molar-refractivity contribution in [3.63, 3.8) is 0 Å². The minimum absolute atomic E-state index is 0.0735. The number of Topliss-reactive ketones (excluding diaryl/α,β-unsaturated/α-hetero) is 1. The largest absolute Gasteiger partial charge is 0.456 e. The zero-order valence-electron chi connectivity index (χ0n) is 14.5. The maximum Gasteiger partial charge on any atom is 0.306 e. The molecule has 0 aromatic heterocycles. The van der Waals surface area contributed by atoms with E-state index < -0.39 is 24.2 Å². The summed E-state index contributed by atoms with van der Waals surface area (Å²) in [4.78, 5) is 35.8. The summed E-state index contributed by atoms with van der Waals surface area (Å²) >= 11 is 6.05. The number of rotatable bonds is 9. The van der Waals surface area contributed by atoms with Crippen molar-refractivity contribution in [1.82, 2.24) is 0 Å². The van der Waals surface area contributed by atoms with E-state index in [-0.39, 0.29) is 29.2 Å². The number of amides is 1. The van der Waals surface area contributed by atoms with Crippen LogP contribution in [0, 0.1) is 0 Å². The van der Waals surface area contributed by atoms with Crippen molar-refractivity contribution in [2.75, 3.05) is 11.9 Å². The number of para-hydroxylation sites is 1. The van der Waals surface area contributed by atoms with Crippen LogP contribution in [0.4, 0.5) is 14.5 Å². The number of hydrogen-bond donors (Lipinski definition) is 1. The summed E-state index contributed by atoms with van der Waals surface area (Å²) < 4.78 is 29.9. The molecule has 0 fully saturated rings. The number of carbonyl (C=O) groups excluding carboxylic acids is 3. The molecule has 9 heteroatoms. The average molecular weight is 428 g/mol. The third kappa shape index (κ3) is 7.28. The first-order valence-electron chi connectivity index (χ1n) is 8.13. The normalized spacial score (nSPS) is 10.6. The molecule has 0 atom stereocenters. The van der Waals surface area contributed by atoms with E-state index in [2.05, 4.69) is 5.32 Å². The number of carbonyl (C=O) groups is 3. The number of ketones is 1. The van der Waals surface area contributed by atoms with Gasteiger partial charge in [0.05, 0.1) is 12.1 Å². The lowest BCUT2D eigenvalue weighted by Crippen LogP contribution is -2.21. The quantitative estimate of drug-likeness (QED) is 0.353. The van der Waals surface area contributed by atoms with Crippen molar-refractivity contribution in [2.45, 2.75) is 23.5 Å². The van der Waals surface area contributed by atoms with Crippen LogP contribution in [-0.2, 0) is 14.3 Å². The molecule has 0 saturated carbocycles. The Hall–Kier alpha value is -2.45. The van der Waals surface area contributed by atoms with Crippen molar-refractivity contribution >= 4 is 46.7 Å². The van der Waals surface area contributed by atoms with Gasteiger partial charge in [-0.2, -0.15) is 8.78 Å². The molecule has 28 heavy (non-hydrogen) atoms. The second-order valence-corrected chi connectivity index (χ2v) is 6.98. The van der Waals surface area contributed by atoms with Crippen LogP contribution in [0.15, 0.2) is 53.4 Å². The van der Waals surface area contributed by atoms with E-state index in [1.165, 1.54) is 12.1 Å². The van der Waals surface area contributed by atoms with Crippen LogP contribution in [0.25, 0.3) is 0 Å². The van der Waals surface area contributed by atoms with E-state index in [0.29, 0.717) is 22.3 Å². The smallest absolute Gasteiger partial charge is 0.306 e. The molecule has 0 bridgehead atoms. The Morgan fingerprint density at radius 1 is 1.04 bits per heavy atom. The second kappa shape index (κ2) is 10.8. The Labute approximate surface area is 169 Å². The van der Waals surface area contributed by atoms with Gasteiger partial charge in [-0.25, -0.2) is 0 Å². The summed E-state index contributed by atoms with van der Waals surface area (Å²) in [6.45, 7) is -0.582. The molecule has 0 heterocycles. The zero-order chi connectivity index (χ0) is 20.5. The van der Waals surface area contributed by atoms with Crippen molar-refractivity contribution < 1.29 is 27.9 Å². The highest BCUT2D eigenvalue weighted by Crippen LogP contribution is 2.31. The maximum absolute atomic E-state index is 12.5. The Bertz CT molecular complexity index is 846. The lowest BCUT2D eigenvalue weighted by molar-refractivity contribution is -0.147. The van der Waals surface area contributed by atoms with Crippen molar-refractivity contribution in [3.05, 3.63) is 59.1 Å². The number of halogens is 3. The zero-order valence-corrected chi connectivity index (χ0v) is 16.1. The van der Waals surface area contributed by atoms with Crippen LogP contribution < -0.4 is 5.32 Å². The fourth-order valence-corrected chi connectivity index (χ4v) is 2.89. The van der Waals surface area contributed by atoms with Crippen molar-refractivity contribution in [2.24, 2.45) is 0 Å². The summed E-state index contributed by atoms with van der Waals surface area (Å²) in [5, 5.41) is 2.91. The van der Waals surface area contributed by atoms with Gasteiger partial charge < -0.3 is 10.1 Å². The predicted molar refractivity (Wildman–Crippen MR) is 103 cm³/mol. The van der Waals surface area contributed by atoms with Crippen LogP contribution >= 0.6 is 23.4 Å². The maximum atomic E-state index is 12.5. The SMILES string of the molecule is O=C(COC(=O)CCC(=O)c1ccc(Cl)cc1)Nc1ccccc1SC(F)F. The molecule has 1 amide bonds. The van der Waals surface area contributed by atoms with Gasteiger partial charge >= 0.3 is 5.97 Å². The topological polar surface area (TPSA) is 72.5 Å². The molecule has 2 aromatic rings. The van der Waals surface area contributed by atoms with Crippen LogP contribution in [-0.4, -0.2) is 30.0 Å². The predicted octanol–water partition coefficient (Wildman–Crippen LogP) is 4.80. The monoisotopic (exact) mass is 427 g/mol. The number of alkyl halides is 2. The summed E-state index contributed by atoms with van der Waals surface area (Å²) in [6, 6.07) is 12.3. The second-order valence-electron chi connectivity index (χ2n) is 5.51. The third-order valence-electron chi connectivity index (χ3n) is 3.46. The van der Waals surface area contributed by atoms with Crippen molar-refractivity contribution in [1.29, 1.82) is 0 Å². The molecule has 0 saturated heterocycles. The minimum atomic E-state index is -2.63. The number of anilines is 1. The van der Waals surface area contributed by atoms with Crippen LogP contribution in [0.5, 0.6) is 0 Å².